The van der Waals surface area contributed by atoms with Gasteiger partial charge in [0.15, 0.2) is 5.96 Å². The minimum atomic E-state index is 0. The van der Waals surface area contributed by atoms with Crippen molar-refractivity contribution in [3.63, 3.8) is 0 Å². The standard InChI is InChI=1S/C21H28N4OS.HI/c1-16(19-9-11-27-15-19)12-24-21(22-2)23-10-5-8-20(26)25-13-17-6-3-4-7-18(17)14-25;/h3-4,6-7,9,11,15-16H,5,8,10,12-14H2,1-2H3,(H2,22,23,24);1H. The second-order valence-corrected chi connectivity index (χ2v) is 7.74. The number of hydrogen-bond donors (Lipinski definition) is 2. The minimum Gasteiger partial charge on any atom is -0.356 e. The molecule has 0 spiro atoms. The SMILES string of the molecule is CN=C(NCCCC(=O)N1Cc2ccccc2C1)NCC(C)c1ccsc1.I. The van der Waals surface area contributed by atoms with Crippen LogP contribution in [0, 0.1) is 0 Å². The van der Waals surface area contributed by atoms with Gasteiger partial charge in [-0.25, -0.2) is 0 Å². The van der Waals surface area contributed by atoms with Crippen LogP contribution in [-0.2, 0) is 17.9 Å². The lowest BCUT2D eigenvalue weighted by molar-refractivity contribution is -0.131. The van der Waals surface area contributed by atoms with Crippen molar-refractivity contribution >= 4 is 47.2 Å². The zero-order valence-electron chi connectivity index (χ0n) is 16.5. The first-order valence-corrected chi connectivity index (χ1v) is 10.4. The summed E-state index contributed by atoms with van der Waals surface area (Å²) in [5.41, 5.74) is 3.89. The van der Waals surface area contributed by atoms with Gasteiger partial charge in [-0.2, -0.15) is 11.3 Å². The third-order valence-electron chi connectivity index (χ3n) is 4.96. The quantitative estimate of drug-likeness (QED) is 0.256. The number of carbonyl (C=O) groups excluding carboxylic acids is 1. The van der Waals surface area contributed by atoms with E-state index in [4.69, 9.17) is 0 Å². The van der Waals surface area contributed by atoms with Crippen LogP contribution in [0.25, 0.3) is 0 Å². The van der Waals surface area contributed by atoms with Crippen LogP contribution in [0.2, 0.25) is 0 Å². The molecule has 1 aliphatic rings. The van der Waals surface area contributed by atoms with Crippen molar-refractivity contribution in [3.8, 4) is 0 Å². The number of nitrogens with zero attached hydrogens (tertiary/aromatic N) is 2. The molecule has 152 valence electrons. The van der Waals surface area contributed by atoms with Crippen LogP contribution in [-0.4, -0.2) is 36.9 Å². The summed E-state index contributed by atoms with van der Waals surface area (Å²) in [4.78, 5) is 18.6. The van der Waals surface area contributed by atoms with E-state index >= 15 is 0 Å². The van der Waals surface area contributed by atoms with Crippen molar-refractivity contribution in [1.82, 2.24) is 15.5 Å². The minimum absolute atomic E-state index is 0. The van der Waals surface area contributed by atoms with Crippen molar-refractivity contribution < 1.29 is 4.79 Å². The molecular formula is C21H29IN4OS. The van der Waals surface area contributed by atoms with E-state index in [0.29, 0.717) is 12.3 Å². The van der Waals surface area contributed by atoms with Crippen LogP contribution < -0.4 is 10.6 Å². The van der Waals surface area contributed by atoms with Crippen LogP contribution in [0.4, 0.5) is 0 Å². The summed E-state index contributed by atoms with van der Waals surface area (Å²) < 4.78 is 0. The Morgan fingerprint density at radius 3 is 2.54 bits per heavy atom. The maximum Gasteiger partial charge on any atom is 0.223 e. The summed E-state index contributed by atoms with van der Waals surface area (Å²) in [6.07, 6.45) is 1.36. The fraction of sp³-hybridized carbons (Fsp3) is 0.429. The lowest BCUT2D eigenvalue weighted by atomic mass is 10.1. The number of fused-ring (bicyclic) bond motifs is 1. The highest BCUT2D eigenvalue weighted by molar-refractivity contribution is 14.0. The first-order chi connectivity index (χ1) is 13.2. The maximum absolute atomic E-state index is 12.4. The molecule has 0 saturated carbocycles. The molecule has 0 saturated heterocycles. The molecule has 1 aromatic heterocycles. The van der Waals surface area contributed by atoms with Gasteiger partial charge in [0, 0.05) is 39.6 Å². The average molecular weight is 512 g/mol. The Kier molecular flexibility index (Phi) is 9.24. The lowest BCUT2D eigenvalue weighted by Crippen LogP contribution is -2.39. The Bertz CT molecular complexity index is 753. The number of hydrogen-bond acceptors (Lipinski definition) is 3. The number of thiophene rings is 1. The van der Waals surface area contributed by atoms with E-state index in [2.05, 4.69) is 51.5 Å². The van der Waals surface area contributed by atoms with E-state index in [1.54, 1.807) is 18.4 Å². The zero-order valence-corrected chi connectivity index (χ0v) is 19.6. The topological polar surface area (TPSA) is 56.7 Å². The van der Waals surface area contributed by atoms with Crippen molar-refractivity contribution in [1.29, 1.82) is 0 Å². The highest BCUT2D eigenvalue weighted by Gasteiger charge is 2.22. The Morgan fingerprint density at radius 2 is 1.93 bits per heavy atom. The number of amides is 1. The van der Waals surface area contributed by atoms with Gasteiger partial charge in [0.1, 0.15) is 0 Å². The average Bonchev–Trinajstić information content (AvgIpc) is 3.36. The largest absolute Gasteiger partial charge is 0.356 e. The summed E-state index contributed by atoms with van der Waals surface area (Å²) in [5.74, 6) is 1.45. The summed E-state index contributed by atoms with van der Waals surface area (Å²) in [7, 11) is 1.77. The monoisotopic (exact) mass is 512 g/mol. The molecular weight excluding hydrogens is 483 g/mol. The molecule has 1 atom stereocenters. The summed E-state index contributed by atoms with van der Waals surface area (Å²) in [6, 6.07) is 10.5. The number of aliphatic imine (C=N–C) groups is 1. The molecule has 5 nitrogen and oxygen atoms in total. The van der Waals surface area contributed by atoms with Gasteiger partial charge in [-0.1, -0.05) is 31.2 Å². The van der Waals surface area contributed by atoms with Gasteiger partial charge in [0.05, 0.1) is 0 Å². The highest BCUT2D eigenvalue weighted by Crippen LogP contribution is 2.22. The molecule has 3 rings (SSSR count). The molecule has 7 heteroatoms. The smallest absolute Gasteiger partial charge is 0.223 e. The normalized spacial score (nSPS) is 14.2. The maximum atomic E-state index is 12.4. The molecule has 2 aromatic rings. The van der Waals surface area contributed by atoms with E-state index in [9.17, 15) is 4.79 Å². The molecule has 0 radical (unpaired) electrons. The summed E-state index contributed by atoms with van der Waals surface area (Å²) >= 11 is 1.72. The van der Waals surface area contributed by atoms with Crippen LogP contribution >= 0.6 is 35.3 Å². The highest BCUT2D eigenvalue weighted by atomic mass is 127. The zero-order chi connectivity index (χ0) is 19.1. The van der Waals surface area contributed by atoms with Gasteiger partial charge in [0.25, 0.3) is 0 Å². The molecule has 0 bridgehead atoms. The predicted octanol–water partition coefficient (Wildman–Crippen LogP) is 3.96. The molecule has 2 heterocycles. The molecule has 1 aliphatic heterocycles. The second-order valence-electron chi connectivity index (χ2n) is 6.96. The van der Waals surface area contributed by atoms with E-state index in [1.807, 2.05) is 17.0 Å². The van der Waals surface area contributed by atoms with Crippen molar-refractivity contribution in [2.45, 2.75) is 38.8 Å². The number of benzene rings is 1. The fourth-order valence-electron chi connectivity index (χ4n) is 3.26. The van der Waals surface area contributed by atoms with Crippen LogP contribution in [0.1, 0.15) is 42.4 Å². The fourth-order valence-corrected chi connectivity index (χ4v) is 4.04. The number of halogens is 1. The first kappa shape index (κ1) is 22.7. The van der Waals surface area contributed by atoms with Gasteiger partial charge in [-0.3, -0.25) is 9.79 Å². The predicted molar refractivity (Wildman–Crippen MR) is 127 cm³/mol. The molecule has 2 N–H and O–H groups in total. The molecule has 28 heavy (non-hydrogen) atoms. The molecule has 1 aromatic carbocycles. The van der Waals surface area contributed by atoms with Gasteiger partial charge >= 0.3 is 0 Å². The van der Waals surface area contributed by atoms with E-state index in [1.165, 1.54) is 16.7 Å². The third-order valence-corrected chi connectivity index (χ3v) is 5.67. The molecule has 0 aliphatic carbocycles. The summed E-state index contributed by atoms with van der Waals surface area (Å²) in [6.45, 7) is 5.26. The third kappa shape index (κ3) is 6.20. The Hall–Kier alpha value is -1.61. The number of guanidine groups is 1. The van der Waals surface area contributed by atoms with E-state index < -0.39 is 0 Å². The van der Waals surface area contributed by atoms with Gasteiger partial charge in [0.2, 0.25) is 5.91 Å². The Morgan fingerprint density at radius 1 is 1.21 bits per heavy atom. The molecule has 1 unspecified atom stereocenters. The van der Waals surface area contributed by atoms with Gasteiger partial charge in [-0.15, -0.1) is 24.0 Å². The van der Waals surface area contributed by atoms with Crippen molar-refractivity contribution in [2.24, 2.45) is 4.99 Å². The Balaban J connectivity index is 0.00000280. The lowest BCUT2D eigenvalue weighted by Gasteiger charge is -2.17. The summed E-state index contributed by atoms with van der Waals surface area (Å²) in [5, 5.41) is 11.0. The van der Waals surface area contributed by atoms with Gasteiger partial charge < -0.3 is 15.5 Å². The molecule has 1 amide bonds. The number of rotatable bonds is 7. The first-order valence-electron chi connectivity index (χ1n) is 9.48. The van der Waals surface area contributed by atoms with Crippen LogP contribution in [0.5, 0.6) is 0 Å². The second kappa shape index (κ2) is 11.4. The van der Waals surface area contributed by atoms with Gasteiger partial charge in [-0.05, 0) is 45.9 Å². The number of nitrogens with one attached hydrogen (secondary N) is 2. The van der Waals surface area contributed by atoms with E-state index in [-0.39, 0.29) is 29.9 Å². The van der Waals surface area contributed by atoms with Crippen molar-refractivity contribution in [2.75, 3.05) is 20.1 Å². The number of carbonyl (C=O) groups is 1. The van der Waals surface area contributed by atoms with E-state index in [0.717, 1.165) is 38.6 Å². The van der Waals surface area contributed by atoms with Crippen molar-refractivity contribution in [3.05, 3.63) is 57.8 Å². The molecule has 0 fully saturated rings. The Labute approximate surface area is 188 Å². The van der Waals surface area contributed by atoms with Crippen LogP contribution in [0.15, 0.2) is 46.1 Å². The van der Waals surface area contributed by atoms with Crippen LogP contribution in [0.3, 0.4) is 0 Å².